The number of halogens is 2. The maximum absolute atomic E-state index is 15.1. The van der Waals surface area contributed by atoms with Crippen molar-refractivity contribution in [3.63, 3.8) is 0 Å². The minimum atomic E-state index is -0.665. The Morgan fingerprint density at radius 1 is 1.15 bits per heavy atom. The van der Waals surface area contributed by atoms with Gasteiger partial charge >= 0.3 is 0 Å². The number of rotatable bonds is 5. The summed E-state index contributed by atoms with van der Waals surface area (Å²) in [4.78, 5) is 39.9. The highest BCUT2D eigenvalue weighted by Gasteiger charge is 2.56. The second-order valence-electron chi connectivity index (χ2n) is 9.63. The Bertz CT molecular complexity index is 1270. The molecule has 0 bridgehead atoms. The number of anilines is 1. The molecule has 1 aliphatic heterocycles. The van der Waals surface area contributed by atoms with E-state index in [0.29, 0.717) is 34.4 Å². The Morgan fingerprint density at radius 2 is 1.91 bits per heavy atom. The van der Waals surface area contributed by atoms with E-state index in [1.807, 2.05) is 13.0 Å². The van der Waals surface area contributed by atoms with Gasteiger partial charge in [0.1, 0.15) is 5.82 Å². The Labute approximate surface area is 203 Å². The molecule has 5 rings (SSSR count). The number of imide groups is 1. The van der Waals surface area contributed by atoms with Gasteiger partial charge in [-0.05, 0) is 85.1 Å². The van der Waals surface area contributed by atoms with Gasteiger partial charge in [-0.2, -0.15) is 0 Å². The zero-order valence-corrected chi connectivity index (χ0v) is 19.8. The van der Waals surface area contributed by atoms with Crippen molar-refractivity contribution in [2.24, 2.45) is 29.6 Å². The summed E-state index contributed by atoms with van der Waals surface area (Å²) in [6.45, 7) is 3.98. The molecular weight excluding hydrogens is 453 g/mol. The number of aryl methyl sites for hydroxylation is 1. The highest BCUT2D eigenvalue weighted by Crippen LogP contribution is 2.53. The summed E-state index contributed by atoms with van der Waals surface area (Å²) in [7, 11) is 0. The molecule has 1 saturated heterocycles. The lowest BCUT2D eigenvalue weighted by molar-refractivity contribution is -0.122. The molecule has 2 aliphatic carbocycles. The number of amides is 2. The summed E-state index contributed by atoms with van der Waals surface area (Å²) in [5, 5.41) is 0.581. The van der Waals surface area contributed by atoms with Crippen LogP contribution in [0, 0.1) is 42.3 Å². The van der Waals surface area contributed by atoms with Crippen LogP contribution < -0.4 is 4.90 Å². The molecule has 34 heavy (non-hydrogen) atoms. The number of hydrogen-bond acceptors (Lipinski definition) is 3. The Balaban J connectivity index is 1.36. The minimum Gasteiger partial charge on any atom is -0.289 e. The second kappa shape index (κ2) is 8.62. The van der Waals surface area contributed by atoms with Crippen LogP contribution in [0.5, 0.6) is 0 Å². The van der Waals surface area contributed by atoms with E-state index in [1.165, 1.54) is 24.3 Å². The van der Waals surface area contributed by atoms with E-state index < -0.39 is 17.7 Å². The van der Waals surface area contributed by atoms with Crippen LogP contribution in [0.2, 0.25) is 5.02 Å². The van der Waals surface area contributed by atoms with Gasteiger partial charge in [-0.15, -0.1) is 0 Å². The summed E-state index contributed by atoms with van der Waals surface area (Å²) in [5.74, 6) is -1.35. The van der Waals surface area contributed by atoms with Crippen LogP contribution in [-0.2, 0) is 9.59 Å². The van der Waals surface area contributed by atoms with Crippen LogP contribution in [-0.4, -0.2) is 17.6 Å². The van der Waals surface area contributed by atoms with Crippen molar-refractivity contribution in [2.45, 2.75) is 26.7 Å². The van der Waals surface area contributed by atoms with E-state index in [2.05, 4.69) is 13.0 Å². The van der Waals surface area contributed by atoms with Crippen LogP contribution in [0.1, 0.15) is 41.3 Å². The summed E-state index contributed by atoms with van der Waals surface area (Å²) in [6.07, 6.45) is 8.52. The van der Waals surface area contributed by atoms with Crippen molar-refractivity contribution in [2.75, 3.05) is 4.90 Å². The normalized spacial score (nSPS) is 28.0. The van der Waals surface area contributed by atoms with Gasteiger partial charge in [0.05, 0.1) is 17.5 Å². The monoisotopic (exact) mass is 477 g/mol. The third kappa shape index (κ3) is 3.92. The third-order valence-corrected chi connectivity index (χ3v) is 7.81. The van der Waals surface area contributed by atoms with Gasteiger partial charge in [-0.25, -0.2) is 9.29 Å². The van der Waals surface area contributed by atoms with Crippen LogP contribution in [0.4, 0.5) is 10.1 Å². The minimum absolute atomic E-state index is 0.0243. The molecule has 0 N–H and O–H groups in total. The number of carbonyl (C=O) groups is 3. The second-order valence-corrected chi connectivity index (χ2v) is 10.0. The van der Waals surface area contributed by atoms with E-state index in [0.717, 1.165) is 16.9 Å². The molecule has 2 aromatic rings. The largest absolute Gasteiger partial charge is 0.289 e. The molecule has 3 unspecified atom stereocenters. The van der Waals surface area contributed by atoms with Crippen molar-refractivity contribution in [3.05, 3.63) is 82.2 Å². The third-order valence-electron chi connectivity index (χ3n) is 7.39. The first kappa shape index (κ1) is 22.7. The van der Waals surface area contributed by atoms with E-state index in [-0.39, 0.29) is 29.2 Å². The first-order valence-electron chi connectivity index (χ1n) is 11.6. The van der Waals surface area contributed by atoms with Crippen LogP contribution in [0.25, 0.3) is 6.08 Å². The molecule has 2 aromatic carbocycles. The Hall–Kier alpha value is -3.05. The molecule has 174 valence electrons. The predicted octanol–water partition coefficient (Wildman–Crippen LogP) is 6.02. The zero-order valence-electron chi connectivity index (χ0n) is 19.0. The number of carbonyl (C=O) groups excluding carboxylic acids is 3. The van der Waals surface area contributed by atoms with Crippen LogP contribution in [0.15, 0.2) is 54.6 Å². The number of nitrogens with zero attached hydrogens (tertiary/aromatic N) is 1. The van der Waals surface area contributed by atoms with Gasteiger partial charge in [-0.3, -0.25) is 14.4 Å². The summed E-state index contributed by atoms with van der Waals surface area (Å²) in [5.41, 5.74) is 1.72. The zero-order chi connectivity index (χ0) is 24.1. The highest BCUT2D eigenvalue weighted by molar-refractivity contribution is 6.31. The molecule has 0 aromatic heterocycles. The highest BCUT2D eigenvalue weighted by atomic mass is 35.5. The molecule has 2 amide bonds. The van der Waals surface area contributed by atoms with E-state index in [4.69, 9.17) is 11.6 Å². The van der Waals surface area contributed by atoms with Crippen LogP contribution >= 0.6 is 11.6 Å². The fourth-order valence-corrected chi connectivity index (χ4v) is 5.46. The number of benzene rings is 2. The molecule has 1 heterocycles. The fraction of sp³-hybridized carbons (Fsp3) is 0.321. The first-order chi connectivity index (χ1) is 16.3. The van der Waals surface area contributed by atoms with E-state index in [1.54, 1.807) is 24.3 Å². The Morgan fingerprint density at radius 3 is 2.59 bits per heavy atom. The number of ketones is 1. The molecule has 6 heteroatoms. The lowest BCUT2D eigenvalue weighted by Crippen LogP contribution is -2.33. The van der Waals surface area contributed by atoms with Gasteiger partial charge < -0.3 is 0 Å². The maximum atomic E-state index is 15.1. The summed E-state index contributed by atoms with van der Waals surface area (Å²) < 4.78 is 15.1. The van der Waals surface area contributed by atoms with Crippen molar-refractivity contribution < 1.29 is 18.8 Å². The molecule has 5 atom stereocenters. The molecule has 4 nitrogen and oxygen atoms in total. The standard InChI is InChI=1S/C28H25ClFNO3/c1-15-13-21(15)19-4-3-5-20-26(19)28(34)31(27(20)33)24-10-6-17(14-23(24)30)7-11-25(32)18-8-9-22(29)16(2)12-18/h3-4,6-12,14-15,19-21,26H,5,13H2,1-2H3/b11-7+/t15-,19?,20?,21+,26?/m1/s1. The van der Waals surface area contributed by atoms with Gasteiger partial charge in [0.15, 0.2) is 5.78 Å². The van der Waals surface area contributed by atoms with Gasteiger partial charge in [0.25, 0.3) is 0 Å². The molecule has 0 radical (unpaired) electrons. The number of fused-ring (bicyclic) bond motifs is 1. The van der Waals surface area contributed by atoms with Crippen molar-refractivity contribution in [1.29, 1.82) is 0 Å². The lowest BCUT2D eigenvalue weighted by Gasteiger charge is -2.26. The van der Waals surface area contributed by atoms with Gasteiger partial charge in [0, 0.05) is 10.6 Å². The van der Waals surface area contributed by atoms with E-state index >= 15 is 4.39 Å². The van der Waals surface area contributed by atoms with Gasteiger partial charge in [0.2, 0.25) is 11.8 Å². The maximum Gasteiger partial charge on any atom is 0.238 e. The molecule has 1 saturated carbocycles. The summed E-state index contributed by atoms with van der Waals surface area (Å²) >= 11 is 6.01. The first-order valence-corrected chi connectivity index (χ1v) is 12.0. The topological polar surface area (TPSA) is 54.5 Å². The lowest BCUT2D eigenvalue weighted by atomic mass is 9.75. The average Bonchev–Trinajstić information content (AvgIpc) is 3.49. The number of hydrogen-bond donors (Lipinski definition) is 0. The average molecular weight is 478 g/mol. The van der Waals surface area contributed by atoms with Crippen molar-refractivity contribution >= 4 is 41.0 Å². The molecule has 3 aliphatic rings. The predicted molar refractivity (Wildman–Crippen MR) is 130 cm³/mol. The summed E-state index contributed by atoms with van der Waals surface area (Å²) in [6, 6.07) is 9.30. The van der Waals surface area contributed by atoms with Crippen molar-refractivity contribution in [3.8, 4) is 0 Å². The molecule has 2 fully saturated rings. The van der Waals surface area contributed by atoms with Crippen LogP contribution in [0.3, 0.4) is 0 Å². The van der Waals surface area contributed by atoms with E-state index in [9.17, 15) is 14.4 Å². The quantitative estimate of drug-likeness (QED) is 0.229. The molecule has 0 spiro atoms. The SMILES string of the molecule is Cc1cc(C(=O)/C=C/c2ccc(N3C(=O)C4CC=CC([C@H]5C[C@H]5C)C4C3=O)c(F)c2)ccc1Cl. The Kier molecular flexibility index (Phi) is 5.76. The smallest absolute Gasteiger partial charge is 0.238 e. The number of allylic oxidation sites excluding steroid dienone is 3. The van der Waals surface area contributed by atoms with Gasteiger partial charge in [-0.1, -0.05) is 42.8 Å². The van der Waals surface area contributed by atoms with Crippen molar-refractivity contribution in [1.82, 2.24) is 0 Å². The molecular formula is C28H25ClFNO3. The fourth-order valence-electron chi connectivity index (χ4n) is 5.34.